The first-order valence-electron chi connectivity index (χ1n) is 11.2. The molecule has 3 heterocycles. The largest absolute Gasteiger partial charge is 0.431 e. The molecule has 1 unspecified atom stereocenters. The maximum atomic E-state index is 13.2. The lowest BCUT2D eigenvalue weighted by atomic mass is 9.78. The van der Waals surface area contributed by atoms with Crippen molar-refractivity contribution in [3.63, 3.8) is 0 Å². The van der Waals surface area contributed by atoms with E-state index >= 15 is 0 Å². The van der Waals surface area contributed by atoms with E-state index in [-0.39, 0.29) is 28.8 Å². The summed E-state index contributed by atoms with van der Waals surface area (Å²) in [6.07, 6.45) is 2.93. The Morgan fingerprint density at radius 3 is 2.70 bits per heavy atom. The summed E-state index contributed by atoms with van der Waals surface area (Å²) in [6, 6.07) is 9.66. The molecule has 0 spiro atoms. The molecule has 1 saturated heterocycles. The van der Waals surface area contributed by atoms with Gasteiger partial charge in [-0.15, -0.1) is 0 Å². The number of rotatable bonds is 4. The van der Waals surface area contributed by atoms with E-state index in [1.165, 1.54) is 17.5 Å². The van der Waals surface area contributed by atoms with Gasteiger partial charge in [-0.1, -0.05) is 24.3 Å². The Balaban J connectivity index is 1.48. The Labute approximate surface area is 189 Å². The topological polar surface area (TPSA) is 66.4 Å². The molecule has 1 N–H and O–H groups in total. The lowest BCUT2D eigenvalue weighted by Crippen LogP contribution is -2.47. The van der Waals surface area contributed by atoms with Gasteiger partial charge in [0.2, 0.25) is 0 Å². The minimum Gasteiger partial charge on any atom is -0.381 e. The van der Waals surface area contributed by atoms with Crippen LogP contribution in [0.15, 0.2) is 41.7 Å². The highest BCUT2D eigenvalue weighted by molar-refractivity contribution is 5.88. The van der Waals surface area contributed by atoms with Gasteiger partial charge in [-0.3, -0.25) is 4.90 Å². The molecule has 5 rings (SSSR count). The third kappa shape index (κ3) is 4.39. The van der Waals surface area contributed by atoms with Gasteiger partial charge in [0, 0.05) is 38.4 Å². The number of likely N-dealkylation sites (tertiary alicyclic amines) is 1. The van der Waals surface area contributed by atoms with Gasteiger partial charge in [-0.25, -0.2) is 15.0 Å². The lowest BCUT2D eigenvalue weighted by Gasteiger charge is -2.42. The van der Waals surface area contributed by atoms with Crippen molar-refractivity contribution in [1.29, 1.82) is 0 Å². The Kier molecular flexibility index (Phi) is 5.92. The fourth-order valence-electron chi connectivity index (χ4n) is 5.14. The zero-order chi connectivity index (χ0) is 23.0. The van der Waals surface area contributed by atoms with Crippen LogP contribution in [0, 0.1) is 0 Å². The number of benzene rings is 1. The maximum Gasteiger partial charge on any atom is 0.431 e. The minimum atomic E-state index is -4.48. The number of ether oxygens (including phenoxy) is 1. The summed E-state index contributed by atoms with van der Waals surface area (Å²) in [5, 5.41) is 0.266. The number of alkyl halides is 3. The number of fused-ring (bicyclic) bond motifs is 2. The van der Waals surface area contributed by atoms with Crippen LogP contribution in [0.1, 0.15) is 42.0 Å². The van der Waals surface area contributed by atoms with Crippen LogP contribution in [-0.2, 0) is 17.3 Å². The quantitative estimate of drug-likeness (QED) is 0.567. The number of piperidine rings is 1. The van der Waals surface area contributed by atoms with Gasteiger partial charge in [-0.2, -0.15) is 13.2 Å². The van der Waals surface area contributed by atoms with Crippen LogP contribution in [0.4, 0.5) is 19.0 Å². The summed E-state index contributed by atoms with van der Waals surface area (Å²) >= 11 is 0. The first-order chi connectivity index (χ1) is 15.9. The number of aromatic amines is 1. The number of nitrogens with one attached hydrogen (secondary N) is 1. The van der Waals surface area contributed by atoms with Crippen molar-refractivity contribution in [2.45, 2.75) is 49.9 Å². The molecular weight excluding hydrogens is 431 g/mol. The first kappa shape index (κ1) is 22.0. The summed E-state index contributed by atoms with van der Waals surface area (Å²) in [6.45, 7) is 1.92. The number of aromatic nitrogens is 3. The van der Waals surface area contributed by atoms with Crippen LogP contribution >= 0.6 is 0 Å². The summed E-state index contributed by atoms with van der Waals surface area (Å²) in [5.74, 6) is 0.270. The monoisotopic (exact) mass is 457 g/mol. The van der Waals surface area contributed by atoms with Crippen LogP contribution in [0.5, 0.6) is 0 Å². The number of hydrogen-bond donors (Lipinski definition) is 1. The van der Waals surface area contributed by atoms with Crippen LogP contribution in [-0.4, -0.2) is 58.4 Å². The van der Waals surface area contributed by atoms with E-state index in [0.717, 1.165) is 44.8 Å². The fraction of sp³-hybridized carbons (Fsp3) is 0.458. The van der Waals surface area contributed by atoms with Gasteiger partial charge in [0.05, 0.1) is 11.5 Å². The van der Waals surface area contributed by atoms with Gasteiger partial charge >= 0.3 is 6.18 Å². The van der Waals surface area contributed by atoms with Crippen molar-refractivity contribution >= 4 is 23.1 Å². The molecule has 3 aromatic rings. The highest BCUT2D eigenvalue weighted by Gasteiger charge is 2.35. The number of aryl methyl sites for hydroxylation is 1. The predicted octanol–water partition coefficient (Wildman–Crippen LogP) is 4.89. The van der Waals surface area contributed by atoms with E-state index in [1.807, 2.05) is 18.3 Å². The number of hydrogen-bond acceptors (Lipinski definition) is 5. The fourth-order valence-corrected chi connectivity index (χ4v) is 5.14. The first-order valence-corrected chi connectivity index (χ1v) is 11.2. The molecule has 0 radical (unpaired) electrons. The second kappa shape index (κ2) is 8.87. The standard InChI is InChI=1S/C24H26F3N5O/c1-33-16-8-10-32(11-9-16)20-7-6-15-4-2-3-5-17(15)19(20)13-28-22-18-12-21(24(25,26)27)31-23(18)30-14-29-22/h2-5,12-14,16,19-20H,6-11H2,1H3,(H,29,30,31)/t19?,20-/m0/s1. The van der Waals surface area contributed by atoms with Gasteiger partial charge in [0.15, 0.2) is 5.82 Å². The SMILES string of the molecule is COC1CCN([C@H]2CCc3ccccc3C2C=Nc2ncnc3[nH]c(C(F)(F)F)cc23)CC1. The molecule has 0 amide bonds. The van der Waals surface area contributed by atoms with Gasteiger partial charge in [0.25, 0.3) is 0 Å². The van der Waals surface area contributed by atoms with Crippen LogP contribution in [0.2, 0.25) is 0 Å². The van der Waals surface area contributed by atoms with Crippen LogP contribution in [0.3, 0.4) is 0 Å². The highest BCUT2D eigenvalue weighted by atomic mass is 19.4. The molecule has 2 atom stereocenters. The molecule has 2 aromatic heterocycles. The Hall–Kier alpha value is -2.78. The Morgan fingerprint density at radius 2 is 1.94 bits per heavy atom. The average Bonchev–Trinajstić information content (AvgIpc) is 3.28. The summed E-state index contributed by atoms with van der Waals surface area (Å²) in [7, 11) is 1.76. The van der Waals surface area contributed by atoms with Gasteiger partial charge in [-0.05, 0) is 42.9 Å². The smallest absolute Gasteiger partial charge is 0.381 e. The van der Waals surface area contributed by atoms with E-state index in [1.54, 1.807) is 7.11 Å². The van der Waals surface area contributed by atoms with E-state index in [0.29, 0.717) is 6.10 Å². The van der Waals surface area contributed by atoms with Crippen molar-refractivity contribution in [2.24, 2.45) is 4.99 Å². The lowest BCUT2D eigenvalue weighted by molar-refractivity contribution is -0.140. The van der Waals surface area contributed by atoms with E-state index in [4.69, 9.17) is 4.74 Å². The molecule has 174 valence electrons. The third-order valence-electron chi connectivity index (χ3n) is 6.88. The molecule has 0 bridgehead atoms. The molecule has 6 nitrogen and oxygen atoms in total. The van der Waals surface area contributed by atoms with Crippen LogP contribution < -0.4 is 0 Å². The highest BCUT2D eigenvalue weighted by Crippen LogP contribution is 2.37. The van der Waals surface area contributed by atoms with Gasteiger partial charge in [0.1, 0.15) is 17.7 Å². The average molecular weight is 458 g/mol. The zero-order valence-corrected chi connectivity index (χ0v) is 18.3. The molecule has 2 aliphatic rings. The Morgan fingerprint density at radius 1 is 1.15 bits per heavy atom. The molecule has 33 heavy (non-hydrogen) atoms. The maximum absolute atomic E-state index is 13.2. The summed E-state index contributed by atoms with van der Waals surface area (Å²) in [5.41, 5.74) is 1.80. The van der Waals surface area contributed by atoms with Crippen molar-refractivity contribution in [3.05, 3.63) is 53.5 Å². The van der Waals surface area contributed by atoms with Crippen LogP contribution in [0.25, 0.3) is 11.0 Å². The molecule has 0 saturated carbocycles. The number of aliphatic imine (C=N–C) groups is 1. The minimum absolute atomic E-state index is 0.0279. The molecule has 1 aliphatic carbocycles. The van der Waals surface area contributed by atoms with Crippen molar-refractivity contribution in [2.75, 3.05) is 20.2 Å². The predicted molar refractivity (Wildman–Crippen MR) is 120 cm³/mol. The van der Waals surface area contributed by atoms with E-state index in [2.05, 4.69) is 37.0 Å². The second-order valence-electron chi connectivity index (χ2n) is 8.72. The van der Waals surface area contributed by atoms with Gasteiger partial charge < -0.3 is 9.72 Å². The molecule has 1 aliphatic heterocycles. The second-order valence-corrected chi connectivity index (χ2v) is 8.72. The molecule has 9 heteroatoms. The normalized spacial score (nSPS) is 22.8. The summed E-state index contributed by atoms with van der Waals surface area (Å²) in [4.78, 5) is 17.6. The van der Waals surface area contributed by atoms with E-state index < -0.39 is 11.9 Å². The molecular formula is C24H26F3N5O. The molecule has 1 fully saturated rings. The third-order valence-corrected chi connectivity index (χ3v) is 6.88. The molecule has 1 aromatic carbocycles. The number of methoxy groups -OCH3 is 1. The van der Waals surface area contributed by atoms with Crippen molar-refractivity contribution < 1.29 is 17.9 Å². The zero-order valence-electron chi connectivity index (χ0n) is 18.3. The van der Waals surface area contributed by atoms with Crippen molar-refractivity contribution in [3.8, 4) is 0 Å². The number of halogens is 3. The summed E-state index contributed by atoms with van der Waals surface area (Å²) < 4.78 is 45.1. The van der Waals surface area contributed by atoms with E-state index in [9.17, 15) is 13.2 Å². The number of nitrogens with zero attached hydrogens (tertiary/aromatic N) is 4. The van der Waals surface area contributed by atoms with Crippen molar-refractivity contribution in [1.82, 2.24) is 19.9 Å². The Bertz CT molecular complexity index is 1150. The number of H-pyrrole nitrogens is 1.